The number of rotatable bonds is 3. The van der Waals surface area contributed by atoms with Crippen molar-refractivity contribution in [3.63, 3.8) is 0 Å². The fraction of sp³-hybridized carbons (Fsp3) is 0. The maximum absolute atomic E-state index is 11.5. The average Bonchev–Trinajstić information content (AvgIpc) is 3.04. The summed E-state index contributed by atoms with van der Waals surface area (Å²) in [4.78, 5) is 20.0. The van der Waals surface area contributed by atoms with Crippen LogP contribution < -0.4 is 5.73 Å². The Hall–Kier alpha value is -3.18. The van der Waals surface area contributed by atoms with Crippen molar-refractivity contribution in [3.8, 4) is 16.8 Å². The predicted octanol–water partition coefficient (Wildman–Crippen LogP) is 3.84. The molecule has 0 aliphatic carbocycles. The summed E-state index contributed by atoms with van der Waals surface area (Å²) < 4.78 is 1.95. The molecule has 0 bridgehead atoms. The Morgan fingerprint density at radius 3 is 2.60 bits per heavy atom. The maximum Gasteiger partial charge on any atom is 0.248 e. The van der Waals surface area contributed by atoms with Gasteiger partial charge in [-0.1, -0.05) is 41.9 Å². The first kappa shape index (κ1) is 15.4. The Morgan fingerprint density at radius 2 is 1.84 bits per heavy atom. The summed E-state index contributed by atoms with van der Waals surface area (Å²) in [7, 11) is 0. The Labute approximate surface area is 148 Å². The SMILES string of the molecule is NC(=O)c1cccc(-c2cn(-c3ccccc3)c3c(Cl)ncnc23)c1. The van der Waals surface area contributed by atoms with Crippen LogP contribution in [0, 0.1) is 0 Å². The van der Waals surface area contributed by atoms with E-state index >= 15 is 0 Å². The number of amides is 1. The van der Waals surface area contributed by atoms with Crippen molar-refractivity contribution in [2.45, 2.75) is 0 Å². The molecule has 0 fully saturated rings. The van der Waals surface area contributed by atoms with Crippen molar-refractivity contribution in [1.82, 2.24) is 14.5 Å². The van der Waals surface area contributed by atoms with Gasteiger partial charge in [0.25, 0.3) is 0 Å². The van der Waals surface area contributed by atoms with Crippen LogP contribution >= 0.6 is 11.6 Å². The number of primary amides is 1. The molecule has 2 aromatic heterocycles. The first-order valence-electron chi connectivity index (χ1n) is 7.62. The number of benzene rings is 2. The molecule has 0 saturated carbocycles. The van der Waals surface area contributed by atoms with E-state index in [1.807, 2.05) is 47.2 Å². The lowest BCUT2D eigenvalue weighted by Gasteiger charge is -2.04. The second-order valence-corrected chi connectivity index (χ2v) is 5.91. The zero-order valence-corrected chi connectivity index (χ0v) is 13.8. The molecule has 5 nitrogen and oxygen atoms in total. The molecule has 4 aromatic rings. The number of nitrogens with zero attached hydrogens (tertiary/aromatic N) is 3. The van der Waals surface area contributed by atoms with Crippen molar-refractivity contribution in [1.29, 1.82) is 0 Å². The highest BCUT2D eigenvalue weighted by Gasteiger charge is 2.16. The molecule has 6 heteroatoms. The van der Waals surface area contributed by atoms with Crippen LogP contribution in [-0.2, 0) is 0 Å². The maximum atomic E-state index is 11.5. The van der Waals surface area contributed by atoms with Crippen LogP contribution in [0.2, 0.25) is 5.15 Å². The summed E-state index contributed by atoms with van der Waals surface area (Å²) >= 11 is 6.35. The van der Waals surface area contributed by atoms with Crippen LogP contribution in [0.3, 0.4) is 0 Å². The van der Waals surface area contributed by atoms with Gasteiger partial charge in [-0.05, 0) is 29.8 Å². The van der Waals surface area contributed by atoms with Gasteiger partial charge in [0.1, 0.15) is 17.4 Å². The van der Waals surface area contributed by atoms with Crippen LogP contribution in [0.25, 0.3) is 27.8 Å². The monoisotopic (exact) mass is 348 g/mol. The number of hydrogen-bond donors (Lipinski definition) is 1. The van der Waals surface area contributed by atoms with Crippen molar-refractivity contribution < 1.29 is 4.79 Å². The number of hydrogen-bond acceptors (Lipinski definition) is 3. The van der Waals surface area contributed by atoms with Crippen molar-refractivity contribution in [3.05, 3.63) is 77.8 Å². The lowest BCUT2D eigenvalue weighted by atomic mass is 10.0. The van der Waals surface area contributed by atoms with E-state index in [2.05, 4.69) is 9.97 Å². The number of aromatic nitrogens is 3. The van der Waals surface area contributed by atoms with Gasteiger partial charge in [-0.25, -0.2) is 9.97 Å². The number of carbonyl (C=O) groups is 1. The summed E-state index contributed by atoms with van der Waals surface area (Å²) in [5.74, 6) is -0.471. The normalized spacial score (nSPS) is 10.9. The molecule has 0 spiro atoms. The molecule has 0 aliphatic heterocycles. The highest BCUT2D eigenvalue weighted by atomic mass is 35.5. The first-order chi connectivity index (χ1) is 12.1. The summed E-state index contributed by atoms with van der Waals surface area (Å²) in [6.45, 7) is 0. The van der Waals surface area contributed by atoms with Gasteiger partial charge in [-0.2, -0.15) is 0 Å². The summed E-state index contributed by atoms with van der Waals surface area (Å²) in [6, 6.07) is 16.9. The molecule has 2 aromatic carbocycles. The summed E-state index contributed by atoms with van der Waals surface area (Å²) in [5, 5.41) is 0.367. The fourth-order valence-corrected chi connectivity index (χ4v) is 3.09. The van der Waals surface area contributed by atoms with E-state index < -0.39 is 5.91 Å². The Balaban J connectivity index is 2.02. The lowest BCUT2D eigenvalue weighted by Crippen LogP contribution is -2.10. The minimum Gasteiger partial charge on any atom is -0.366 e. The molecule has 1 amide bonds. The van der Waals surface area contributed by atoms with Gasteiger partial charge >= 0.3 is 0 Å². The molecule has 122 valence electrons. The van der Waals surface area contributed by atoms with Gasteiger partial charge in [-0.15, -0.1) is 0 Å². The smallest absolute Gasteiger partial charge is 0.248 e. The molecule has 0 atom stereocenters. The van der Waals surface area contributed by atoms with E-state index in [9.17, 15) is 4.79 Å². The van der Waals surface area contributed by atoms with Crippen LogP contribution in [0.4, 0.5) is 0 Å². The third-order valence-corrected chi connectivity index (χ3v) is 4.30. The quantitative estimate of drug-likeness (QED) is 0.572. The van der Waals surface area contributed by atoms with Gasteiger partial charge in [0, 0.05) is 23.0 Å². The Bertz CT molecular complexity index is 1090. The van der Waals surface area contributed by atoms with Gasteiger partial charge in [0.05, 0.1) is 0 Å². The third-order valence-electron chi connectivity index (χ3n) is 4.02. The molecule has 2 N–H and O–H groups in total. The summed E-state index contributed by atoms with van der Waals surface area (Å²) in [6.07, 6.45) is 3.38. The average molecular weight is 349 g/mol. The van der Waals surface area contributed by atoms with Crippen molar-refractivity contribution in [2.75, 3.05) is 0 Å². The van der Waals surface area contributed by atoms with Gasteiger partial charge < -0.3 is 10.3 Å². The van der Waals surface area contributed by atoms with E-state index in [0.717, 1.165) is 22.3 Å². The first-order valence-corrected chi connectivity index (χ1v) is 8.00. The van der Waals surface area contributed by atoms with Crippen LogP contribution in [-0.4, -0.2) is 20.4 Å². The van der Waals surface area contributed by atoms with E-state index in [1.54, 1.807) is 18.2 Å². The third kappa shape index (κ3) is 2.64. The van der Waals surface area contributed by atoms with Crippen LogP contribution in [0.5, 0.6) is 0 Å². The number of fused-ring (bicyclic) bond motifs is 1. The molecule has 25 heavy (non-hydrogen) atoms. The number of nitrogens with two attached hydrogens (primary N) is 1. The minimum absolute atomic E-state index is 0.367. The largest absolute Gasteiger partial charge is 0.366 e. The zero-order chi connectivity index (χ0) is 17.4. The number of halogens is 1. The topological polar surface area (TPSA) is 73.8 Å². The Morgan fingerprint density at radius 1 is 1.04 bits per heavy atom. The molecule has 4 rings (SSSR count). The Kier molecular flexibility index (Phi) is 3.71. The van der Waals surface area contributed by atoms with E-state index in [0.29, 0.717) is 16.2 Å². The van der Waals surface area contributed by atoms with Crippen molar-refractivity contribution >= 4 is 28.5 Å². The standard InChI is InChI=1S/C19H13ClN4O/c20-18-17-16(22-11-23-18)15(10-24(17)14-7-2-1-3-8-14)12-5-4-6-13(9-12)19(21)25/h1-11H,(H2,21,25). The second-order valence-electron chi connectivity index (χ2n) is 5.56. The van der Waals surface area contributed by atoms with E-state index in [4.69, 9.17) is 17.3 Å². The fourth-order valence-electron chi connectivity index (χ4n) is 2.87. The number of carbonyl (C=O) groups excluding carboxylic acids is 1. The zero-order valence-electron chi connectivity index (χ0n) is 13.1. The van der Waals surface area contributed by atoms with Crippen molar-refractivity contribution in [2.24, 2.45) is 5.73 Å². The second kappa shape index (κ2) is 6.03. The number of para-hydroxylation sites is 1. The molecule has 2 heterocycles. The van der Waals surface area contributed by atoms with Crippen LogP contribution in [0.1, 0.15) is 10.4 Å². The highest BCUT2D eigenvalue weighted by molar-refractivity contribution is 6.34. The van der Waals surface area contributed by atoms with E-state index in [-0.39, 0.29) is 0 Å². The highest BCUT2D eigenvalue weighted by Crippen LogP contribution is 2.34. The molecule has 0 radical (unpaired) electrons. The molecule has 0 saturated heterocycles. The minimum atomic E-state index is -0.471. The molecule has 0 aliphatic rings. The van der Waals surface area contributed by atoms with Crippen LogP contribution in [0.15, 0.2) is 67.1 Å². The predicted molar refractivity (Wildman–Crippen MR) is 97.8 cm³/mol. The molecular weight excluding hydrogens is 336 g/mol. The lowest BCUT2D eigenvalue weighted by molar-refractivity contribution is 0.100. The molecule has 0 unspecified atom stereocenters. The van der Waals surface area contributed by atoms with Gasteiger partial charge in [0.2, 0.25) is 5.91 Å². The van der Waals surface area contributed by atoms with E-state index in [1.165, 1.54) is 6.33 Å². The van der Waals surface area contributed by atoms with Gasteiger partial charge in [0.15, 0.2) is 5.15 Å². The summed E-state index contributed by atoms with van der Waals surface area (Å²) in [5.41, 5.74) is 9.91. The molecular formula is C19H13ClN4O. The van der Waals surface area contributed by atoms with Gasteiger partial charge in [-0.3, -0.25) is 4.79 Å².